The van der Waals surface area contributed by atoms with Crippen molar-refractivity contribution in [1.82, 2.24) is 0 Å². The van der Waals surface area contributed by atoms with Crippen molar-refractivity contribution in [2.24, 2.45) is 0 Å². The minimum absolute atomic E-state index is 0.0593. The van der Waals surface area contributed by atoms with E-state index in [-0.39, 0.29) is 18.3 Å². The Kier molecular flexibility index (Phi) is 11.4. The lowest BCUT2D eigenvalue weighted by atomic mass is 10.0. The van der Waals surface area contributed by atoms with Crippen molar-refractivity contribution in [3.8, 4) is 0 Å². The van der Waals surface area contributed by atoms with E-state index in [1.54, 1.807) is 0 Å². The summed E-state index contributed by atoms with van der Waals surface area (Å²) in [4.78, 5) is 24.5. The topological polar surface area (TPSA) is 82.1 Å². The normalized spacial score (nSPS) is 16.3. The Hall–Kier alpha value is -2.34. The Morgan fingerprint density at radius 3 is 2.03 bits per heavy atom. The molecule has 1 heterocycles. The molecule has 0 unspecified atom stereocenters. The van der Waals surface area contributed by atoms with Crippen molar-refractivity contribution in [2.75, 3.05) is 0 Å². The van der Waals surface area contributed by atoms with Crippen molar-refractivity contribution in [3.05, 3.63) is 47.2 Å². The minimum atomic E-state index is -1.34. The summed E-state index contributed by atoms with van der Waals surface area (Å²) in [5.74, 6) is -3.40. The van der Waals surface area contributed by atoms with Gasteiger partial charge in [-0.3, -0.25) is 0 Å². The number of ether oxygens (including phenoxy) is 3. The lowest BCUT2D eigenvalue weighted by Gasteiger charge is -2.30. The molecule has 1 N–H and O–H groups in total. The predicted octanol–water partition coefficient (Wildman–Crippen LogP) is 6.53. The number of carbonyl (C=O) groups is 2. The van der Waals surface area contributed by atoms with E-state index in [0.717, 1.165) is 24.8 Å². The van der Waals surface area contributed by atoms with E-state index in [1.165, 1.54) is 58.8 Å². The van der Waals surface area contributed by atoms with Crippen LogP contribution in [0.4, 0.5) is 0 Å². The molecular weight excluding hydrogens is 420 g/mol. The van der Waals surface area contributed by atoms with Crippen LogP contribution in [0.25, 0.3) is 0 Å². The highest BCUT2D eigenvalue weighted by Crippen LogP contribution is 2.27. The van der Waals surface area contributed by atoms with Crippen molar-refractivity contribution in [3.63, 3.8) is 0 Å². The molecule has 1 fully saturated rings. The summed E-state index contributed by atoms with van der Waals surface area (Å²) in [6.07, 6.45) is 11.4. The van der Waals surface area contributed by atoms with Gasteiger partial charge in [0.25, 0.3) is 5.79 Å². The molecule has 0 aliphatic carbocycles. The fourth-order valence-electron chi connectivity index (χ4n) is 3.92. The number of esters is 2. The number of rotatable bonds is 15. The summed E-state index contributed by atoms with van der Waals surface area (Å²) in [7, 11) is 0. The molecule has 33 heavy (non-hydrogen) atoms. The third-order valence-corrected chi connectivity index (χ3v) is 5.75. The van der Waals surface area contributed by atoms with Gasteiger partial charge in [-0.1, -0.05) is 95.0 Å². The number of aliphatic hydroxyl groups excluding tert-OH is 1. The molecule has 0 saturated carbocycles. The number of hydrogen-bond acceptors (Lipinski definition) is 6. The van der Waals surface area contributed by atoms with Crippen LogP contribution in [0.5, 0.6) is 0 Å². The average Bonchev–Trinajstić information content (AvgIpc) is 2.75. The first-order valence-corrected chi connectivity index (χ1v) is 12.4. The van der Waals surface area contributed by atoms with Crippen molar-refractivity contribution < 1.29 is 28.9 Å². The molecule has 1 aliphatic heterocycles. The maximum Gasteiger partial charge on any atom is 0.352 e. The van der Waals surface area contributed by atoms with Crippen LogP contribution in [-0.4, -0.2) is 28.9 Å². The van der Waals surface area contributed by atoms with Gasteiger partial charge in [0.15, 0.2) is 5.57 Å². The summed E-state index contributed by atoms with van der Waals surface area (Å²) in [6, 6.07) is 9.80. The van der Waals surface area contributed by atoms with Crippen molar-refractivity contribution >= 4 is 11.9 Å². The molecule has 1 atom stereocenters. The first-order valence-electron chi connectivity index (χ1n) is 12.4. The van der Waals surface area contributed by atoms with E-state index in [1.807, 2.05) is 30.3 Å². The largest absolute Gasteiger partial charge is 0.511 e. The lowest BCUT2D eigenvalue weighted by molar-refractivity contribution is -0.222. The zero-order chi connectivity index (χ0) is 24.1. The van der Waals surface area contributed by atoms with Crippen LogP contribution in [-0.2, 0) is 30.4 Å². The second kappa shape index (κ2) is 14.0. The highest BCUT2D eigenvalue weighted by atomic mass is 16.7. The summed E-state index contributed by atoms with van der Waals surface area (Å²) in [6.45, 7) is 5.58. The van der Waals surface area contributed by atoms with E-state index in [9.17, 15) is 14.7 Å². The first-order chi connectivity index (χ1) is 15.8. The predicted molar refractivity (Wildman–Crippen MR) is 127 cm³/mol. The molecule has 1 aromatic rings. The number of benzene rings is 1. The van der Waals surface area contributed by atoms with E-state index < -0.39 is 23.3 Å². The van der Waals surface area contributed by atoms with Crippen LogP contribution in [0.1, 0.15) is 97.0 Å². The molecule has 184 valence electrons. The number of hydrogen-bond donors (Lipinski definition) is 1. The van der Waals surface area contributed by atoms with Crippen molar-refractivity contribution in [1.29, 1.82) is 0 Å². The number of carbonyl (C=O) groups excluding carboxylic acids is 2. The molecule has 0 spiro atoms. The van der Waals surface area contributed by atoms with Crippen LogP contribution >= 0.6 is 0 Å². The fourth-order valence-corrected chi connectivity index (χ4v) is 3.92. The highest BCUT2D eigenvalue weighted by Gasteiger charge is 2.41. The summed E-state index contributed by atoms with van der Waals surface area (Å²) >= 11 is 0. The van der Waals surface area contributed by atoms with Gasteiger partial charge >= 0.3 is 11.9 Å². The van der Waals surface area contributed by atoms with Crippen molar-refractivity contribution in [2.45, 2.75) is 110 Å². The number of unbranched alkanes of at least 4 members (excludes halogenated alkanes) is 8. The van der Waals surface area contributed by atoms with Crippen LogP contribution in [0, 0.1) is 0 Å². The van der Waals surface area contributed by atoms with Gasteiger partial charge in [0.05, 0.1) is 12.7 Å². The number of aliphatic hydroxyl groups is 1. The summed E-state index contributed by atoms with van der Waals surface area (Å²) in [5, 5.41) is 10.6. The van der Waals surface area contributed by atoms with Gasteiger partial charge < -0.3 is 19.3 Å². The fraction of sp³-hybridized carbons (Fsp3) is 0.630. The molecule has 0 radical (unpaired) electrons. The van der Waals surface area contributed by atoms with Gasteiger partial charge in [-0.15, -0.1) is 0 Å². The minimum Gasteiger partial charge on any atom is -0.511 e. The molecule has 1 saturated heterocycles. The van der Waals surface area contributed by atoms with Crippen LogP contribution in [0.2, 0.25) is 0 Å². The molecular formula is C27H40O6. The van der Waals surface area contributed by atoms with Gasteiger partial charge in [-0.05, 0) is 12.0 Å². The second-order valence-electron chi connectivity index (χ2n) is 9.24. The van der Waals surface area contributed by atoms with Gasteiger partial charge in [0, 0.05) is 20.3 Å². The summed E-state index contributed by atoms with van der Waals surface area (Å²) < 4.78 is 16.3. The third-order valence-electron chi connectivity index (χ3n) is 5.75. The molecule has 6 nitrogen and oxygen atoms in total. The van der Waals surface area contributed by atoms with Gasteiger partial charge in [-0.2, -0.15) is 0 Å². The maximum absolute atomic E-state index is 12.3. The van der Waals surface area contributed by atoms with E-state index in [4.69, 9.17) is 14.2 Å². The standard InChI is InChI=1S/C27H40O6/c1-4-5-6-7-8-9-10-11-15-18-22(31-20-21-16-13-12-14-17-21)19-23(28)24-25(29)32-27(2,3)33-26(24)30/h12-14,16-17,22,28H,4-11,15,18-20H2,1-3H3/t22-/m1/s1. The smallest absolute Gasteiger partial charge is 0.352 e. The maximum atomic E-state index is 12.3. The highest BCUT2D eigenvalue weighted by molar-refractivity contribution is 6.15. The van der Waals surface area contributed by atoms with Crippen LogP contribution in [0.3, 0.4) is 0 Å². The van der Waals surface area contributed by atoms with Crippen LogP contribution < -0.4 is 0 Å². The Morgan fingerprint density at radius 1 is 0.909 bits per heavy atom. The summed E-state index contributed by atoms with van der Waals surface area (Å²) in [5.41, 5.74) is 0.592. The Labute approximate surface area is 198 Å². The Morgan fingerprint density at radius 2 is 1.45 bits per heavy atom. The molecule has 6 heteroatoms. The third kappa shape index (κ3) is 9.99. The lowest BCUT2D eigenvalue weighted by Crippen LogP contribution is -2.42. The monoisotopic (exact) mass is 460 g/mol. The van der Waals surface area contributed by atoms with Gasteiger partial charge in [0.2, 0.25) is 0 Å². The molecule has 1 aliphatic rings. The van der Waals surface area contributed by atoms with E-state index >= 15 is 0 Å². The second-order valence-corrected chi connectivity index (χ2v) is 9.24. The van der Waals surface area contributed by atoms with E-state index in [2.05, 4.69) is 6.92 Å². The molecule has 0 amide bonds. The zero-order valence-corrected chi connectivity index (χ0v) is 20.4. The van der Waals surface area contributed by atoms with Gasteiger partial charge in [0.1, 0.15) is 5.76 Å². The van der Waals surface area contributed by atoms with Crippen LogP contribution in [0.15, 0.2) is 41.7 Å². The Bertz CT molecular complexity index is 746. The SMILES string of the molecule is CCCCCCCCCCC[C@H](CC(O)=C1C(=O)OC(C)(C)OC1=O)OCc1ccccc1. The molecule has 0 aromatic heterocycles. The molecule has 0 bridgehead atoms. The molecule has 1 aromatic carbocycles. The number of cyclic esters (lactones) is 2. The quantitative estimate of drug-likeness (QED) is 0.105. The zero-order valence-electron chi connectivity index (χ0n) is 20.4. The Balaban J connectivity index is 1.90. The first kappa shape index (κ1) is 26.9. The average molecular weight is 461 g/mol. The molecule has 2 rings (SSSR count). The van der Waals surface area contributed by atoms with E-state index in [0.29, 0.717) is 6.61 Å². The van der Waals surface area contributed by atoms with Gasteiger partial charge in [-0.25, -0.2) is 9.59 Å².